The lowest BCUT2D eigenvalue weighted by Gasteiger charge is -2.34. The lowest BCUT2D eigenvalue weighted by atomic mass is 10.1. The van der Waals surface area contributed by atoms with Crippen LogP contribution in [0.4, 0.5) is 0 Å². The fourth-order valence-corrected chi connectivity index (χ4v) is 2.58. The van der Waals surface area contributed by atoms with Gasteiger partial charge in [0, 0.05) is 6.07 Å². The zero-order valence-electron chi connectivity index (χ0n) is 13.8. The summed E-state index contributed by atoms with van der Waals surface area (Å²) < 4.78 is 10.7. The Morgan fingerprint density at radius 1 is 0.846 bits per heavy atom. The Morgan fingerprint density at radius 3 is 2.12 bits per heavy atom. The number of hydrogen-bond acceptors (Lipinski definition) is 7. The van der Waals surface area contributed by atoms with Gasteiger partial charge >= 0.3 is 0 Å². The zero-order chi connectivity index (χ0) is 18.7. The Bertz CT molecular complexity index is 752. The second-order valence-corrected chi connectivity index (χ2v) is 6.05. The maximum Gasteiger partial charge on any atom is 0.228 e. The van der Waals surface area contributed by atoms with Crippen LogP contribution < -0.4 is 4.74 Å². The SMILES string of the molecule is Oc1cc(O)cc(/C=C/c2ccc(O[C@@H]3OC[C@@H](O)[C@H](O)[C@H]3O)cc2)c1. The minimum absolute atomic E-state index is 0.0215. The Kier molecular flexibility index (Phi) is 5.43. The molecule has 2 aromatic rings. The van der Waals surface area contributed by atoms with Gasteiger partial charge in [-0.2, -0.15) is 0 Å². The fraction of sp³-hybridized carbons (Fsp3) is 0.263. The summed E-state index contributed by atoms with van der Waals surface area (Å²) in [5.41, 5.74) is 1.50. The van der Waals surface area contributed by atoms with Crippen LogP contribution in [0.3, 0.4) is 0 Å². The molecule has 26 heavy (non-hydrogen) atoms. The molecule has 1 aliphatic heterocycles. The number of ether oxygens (including phenoxy) is 2. The van der Waals surface area contributed by atoms with Crippen LogP contribution in [-0.4, -0.2) is 56.7 Å². The number of aromatic hydroxyl groups is 2. The van der Waals surface area contributed by atoms with Crippen molar-refractivity contribution < 1.29 is 35.0 Å². The molecular formula is C19H20O7. The van der Waals surface area contributed by atoms with Gasteiger partial charge < -0.3 is 35.0 Å². The Labute approximate surface area is 150 Å². The van der Waals surface area contributed by atoms with Crippen molar-refractivity contribution in [3.05, 3.63) is 53.6 Å². The van der Waals surface area contributed by atoms with Crippen LogP contribution >= 0.6 is 0 Å². The summed E-state index contributed by atoms with van der Waals surface area (Å²) in [5, 5.41) is 47.9. The van der Waals surface area contributed by atoms with Crippen molar-refractivity contribution in [3.8, 4) is 17.2 Å². The third kappa shape index (κ3) is 4.33. The number of phenols is 2. The second kappa shape index (κ2) is 7.76. The van der Waals surface area contributed by atoms with Crippen LogP contribution in [0.2, 0.25) is 0 Å². The zero-order valence-corrected chi connectivity index (χ0v) is 13.8. The number of aliphatic hydroxyl groups excluding tert-OH is 3. The highest BCUT2D eigenvalue weighted by Crippen LogP contribution is 2.23. The van der Waals surface area contributed by atoms with E-state index < -0.39 is 24.6 Å². The van der Waals surface area contributed by atoms with E-state index in [0.717, 1.165) is 5.56 Å². The van der Waals surface area contributed by atoms with Crippen LogP contribution in [0.15, 0.2) is 42.5 Å². The molecule has 0 spiro atoms. The number of hydrogen-bond donors (Lipinski definition) is 5. The van der Waals surface area contributed by atoms with Gasteiger partial charge in [0.1, 0.15) is 35.6 Å². The third-order valence-corrected chi connectivity index (χ3v) is 3.98. The van der Waals surface area contributed by atoms with E-state index in [1.54, 1.807) is 36.4 Å². The number of rotatable bonds is 4. The molecule has 0 saturated carbocycles. The number of aliphatic hydroxyl groups is 3. The Hall–Kier alpha value is -2.58. The van der Waals surface area contributed by atoms with E-state index in [1.807, 2.05) is 0 Å². The first-order valence-electron chi connectivity index (χ1n) is 8.06. The molecule has 4 atom stereocenters. The third-order valence-electron chi connectivity index (χ3n) is 3.98. The van der Waals surface area contributed by atoms with Crippen molar-refractivity contribution in [1.29, 1.82) is 0 Å². The van der Waals surface area contributed by atoms with Gasteiger partial charge in [0.05, 0.1) is 6.61 Å². The van der Waals surface area contributed by atoms with E-state index in [-0.39, 0.29) is 18.1 Å². The molecule has 2 aromatic carbocycles. The molecule has 1 saturated heterocycles. The molecule has 7 heteroatoms. The van der Waals surface area contributed by atoms with Gasteiger partial charge in [-0.1, -0.05) is 24.3 Å². The van der Waals surface area contributed by atoms with E-state index in [0.29, 0.717) is 11.3 Å². The summed E-state index contributed by atoms with van der Waals surface area (Å²) in [6, 6.07) is 11.2. The summed E-state index contributed by atoms with van der Waals surface area (Å²) in [4.78, 5) is 0. The van der Waals surface area contributed by atoms with Crippen LogP contribution in [0.25, 0.3) is 12.2 Å². The topological polar surface area (TPSA) is 120 Å². The molecule has 0 aliphatic carbocycles. The first-order chi connectivity index (χ1) is 12.4. The maximum absolute atomic E-state index is 9.87. The summed E-state index contributed by atoms with van der Waals surface area (Å²) in [5.74, 6) is 0.392. The van der Waals surface area contributed by atoms with Crippen molar-refractivity contribution in [2.24, 2.45) is 0 Å². The molecule has 138 valence electrons. The minimum Gasteiger partial charge on any atom is -0.508 e. The quantitative estimate of drug-likeness (QED) is 0.518. The summed E-state index contributed by atoms with van der Waals surface area (Å²) in [7, 11) is 0. The number of phenolic OH excluding ortho intramolecular Hbond substituents is 2. The molecular weight excluding hydrogens is 340 g/mol. The van der Waals surface area contributed by atoms with Crippen molar-refractivity contribution in [1.82, 2.24) is 0 Å². The van der Waals surface area contributed by atoms with Gasteiger partial charge in [-0.05, 0) is 35.4 Å². The Morgan fingerprint density at radius 2 is 1.46 bits per heavy atom. The van der Waals surface area contributed by atoms with Gasteiger partial charge in [-0.15, -0.1) is 0 Å². The highest BCUT2D eigenvalue weighted by Gasteiger charge is 2.38. The fourth-order valence-electron chi connectivity index (χ4n) is 2.58. The first kappa shape index (κ1) is 18.2. The lowest BCUT2D eigenvalue weighted by molar-refractivity contribution is -0.242. The molecule has 0 unspecified atom stereocenters. The maximum atomic E-state index is 9.87. The smallest absolute Gasteiger partial charge is 0.228 e. The largest absolute Gasteiger partial charge is 0.508 e. The molecule has 0 aromatic heterocycles. The van der Waals surface area contributed by atoms with Crippen molar-refractivity contribution in [2.75, 3.05) is 6.61 Å². The number of benzene rings is 2. The van der Waals surface area contributed by atoms with Crippen LogP contribution in [0.5, 0.6) is 17.2 Å². The van der Waals surface area contributed by atoms with Crippen LogP contribution in [0.1, 0.15) is 11.1 Å². The van der Waals surface area contributed by atoms with Crippen molar-refractivity contribution >= 4 is 12.2 Å². The van der Waals surface area contributed by atoms with Gasteiger partial charge in [0.15, 0.2) is 0 Å². The summed E-state index contributed by atoms with van der Waals surface area (Å²) in [6.07, 6.45) is -1.35. The standard InChI is InChI=1S/C19H20O7/c20-13-7-12(8-14(21)9-13)2-1-11-3-5-15(6-4-11)26-19-18(24)17(23)16(22)10-25-19/h1-9,16-24H,10H2/b2-1+/t16-,17+,18-,19+/m1/s1. The molecule has 0 radical (unpaired) electrons. The normalized spacial score (nSPS) is 26.1. The van der Waals surface area contributed by atoms with Crippen LogP contribution in [0, 0.1) is 0 Å². The van der Waals surface area contributed by atoms with Gasteiger partial charge in [-0.3, -0.25) is 0 Å². The molecule has 1 aliphatic rings. The van der Waals surface area contributed by atoms with Gasteiger partial charge in [0.2, 0.25) is 6.29 Å². The van der Waals surface area contributed by atoms with Crippen molar-refractivity contribution in [2.45, 2.75) is 24.6 Å². The van der Waals surface area contributed by atoms with E-state index in [1.165, 1.54) is 18.2 Å². The second-order valence-electron chi connectivity index (χ2n) is 6.05. The monoisotopic (exact) mass is 360 g/mol. The van der Waals surface area contributed by atoms with Gasteiger partial charge in [-0.25, -0.2) is 0 Å². The predicted octanol–water partition coefficient (Wildman–Crippen LogP) is 1.09. The molecule has 1 fully saturated rings. The van der Waals surface area contributed by atoms with Crippen LogP contribution in [-0.2, 0) is 4.74 Å². The molecule has 0 bridgehead atoms. The molecule has 3 rings (SSSR count). The highest BCUT2D eigenvalue weighted by molar-refractivity contribution is 5.71. The van der Waals surface area contributed by atoms with Crippen molar-refractivity contribution in [3.63, 3.8) is 0 Å². The summed E-state index contributed by atoms with van der Waals surface area (Å²) in [6.45, 7) is -0.125. The summed E-state index contributed by atoms with van der Waals surface area (Å²) >= 11 is 0. The van der Waals surface area contributed by atoms with E-state index in [4.69, 9.17) is 9.47 Å². The van der Waals surface area contributed by atoms with Gasteiger partial charge in [0.25, 0.3) is 0 Å². The molecule has 7 nitrogen and oxygen atoms in total. The lowest BCUT2D eigenvalue weighted by Crippen LogP contribution is -2.54. The average molecular weight is 360 g/mol. The molecule has 5 N–H and O–H groups in total. The van der Waals surface area contributed by atoms with E-state index in [9.17, 15) is 25.5 Å². The average Bonchev–Trinajstić information content (AvgIpc) is 2.61. The van der Waals surface area contributed by atoms with E-state index >= 15 is 0 Å². The first-order valence-corrected chi connectivity index (χ1v) is 8.06. The highest BCUT2D eigenvalue weighted by atomic mass is 16.7. The molecule has 1 heterocycles. The minimum atomic E-state index is -1.35. The predicted molar refractivity (Wildman–Crippen MR) is 93.5 cm³/mol. The van der Waals surface area contributed by atoms with E-state index in [2.05, 4.69) is 0 Å². The Balaban J connectivity index is 1.64. The molecule has 0 amide bonds.